The number of nitrogens with zero attached hydrogens (tertiary/aromatic N) is 4. The number of rotatable bonds is 3. The first-order chi connectivity index (χ1) is 7.36. The summed E-state index contributed by atoms with van der Waals surface area (Å²) in [6.07, 6.45) is 4.98. The Balaban J connectivity index is 2.03. The van der Waals surface area contributed by atoms with Crippen LogP contribution < -0.4 is 5.32 Å². The second kappa shape index (κ2) is 4.45. The van der Waals surface area contributed by atoms with Gasteiger partial charge in [0.25, 0.3) is 0 Å². The van der Waals surface area contributed by atoms with Gasteiger partial charge >= 0.3 is 0 Å². The molecule has 76 valence electrons. The van der Waals surface area contributed by atoms with E-state index in [-0.39, 0.29) is 0 Å². The van der Waals surface area contributed by atoms with E-state index >= 15 is 0 Å². The van der Waals surface area contributed by atoms with E-state index in [1.54, 1.807) is 18.6 Å². The average Bonchev–Trinajstić information content (AvgIpc) is 2.29. The molecule has 15 heavy (non-hydrogen) atoms. The number of nitrogens with one attached hydrogen (secondary N) is 1. The van der Waals surface area contributed by atoms with Gasteiger partial charge in [0.2, 0.25) is 0 Å². The first kappa shape index (κ1) is 9.51. The molecule has 0 saturated heterocycles. The summed E-state index contributed by atoms with van der Waals surface area (Å²) in [6.45, 7) is 2.51. The molecule has 0 radical (unpaired) electrons. The monoisotopic (exact) mass is 201 g/mol. The van der Waals surface area contributed by atoms with Gasteiger partial charge in [-0.2, -0.15) is 10.2 Å². The van der Waals surface area contributed by atoms with Crippen LogP contribution in [-0.4, -0.2) is 20.2 Å². The largest absolute Gasteiger partial charge is 0.363 e. The minimum atomic E-state index is 0.605. The van der Waals surface area contributed by atoms with E-state index in [0.29, 0.717) is 6.54 Å². The highest BCUT2D eigenvalue weighted by molar-refractivity contribution is 5.38. The quantitative estimate of drug-likeness (QED) is 0.808. The Morgan fingerprint density at radius 1 is 1.20 bits per heavy atom. The molecule has 0 bridgehead atoms. The van der Waals surface area contributed by atoms with Crippen molar-refractivity contribution in [3.8, 4) is 0 Å². The fourth-order valence-electron chi connectivity index (χ4n) is 1.18. The van der Waals surface area contributed by atoms with Gasteiger partial charge in [-0.3, -0.25) is 4.98 Å². The fraction of sp³-hybridized carbons (Fsp3) is 0.200. The molecule has 0 aromatic carbocycles. The Labute approximate surface area is 87.6 Å². The standard InChI is InChI=1S/C10H11N5/c1-8-10(12-6-5-11-8)13-7-9-3-2-4-14-15-9/h2-6H,7H2,1H3,(H,12,13). The van der Waals surface area contributed by atoms with Gasteiger partial charge in [0.05, 0.1) is 17.9 Å². The smallest absolute Gasteiger partial charge is 0.147 e. The van der Waals surface area contributed by atoms with Crippen molar-refractivity contribution < 1.29 is 0 Å². The zero-order valence-corrected chi connectivity index (χ0v) is 8.38. The molecule has 0 aliphatic carbocycles. The molecular formula is C10H11N5. The molecule has 0 fully saturated rings. The molecule has 2 aromatic heterocycles. The first-order valence-corrected chi connectivity index (χ1v) is 4.64. The summed E-state index contributed by atoms with van der Waals surface area (Å²) in [7, 11) is 0. The SMILES string of the molecule is Cc1nccnc1NCc1cccnn1. The lowest BCUT2D eigenvalue weighted by molar-refractivity contribution is 0.916. The molecule has 5 heteroatoms. The highest BCUT2D eigenvalue weighted by Crippen LogP contribution is 2.06. The molecule has 5 nitrogen and oxygen atoms in total. The topological polar surface area (TPSA) is 63.6 Å². The maximum absolute atomic E-state index is 4.17. The minimum absolute atomic E-state index is 0.605. The zero-order chi connectivity index (χ0) is 10.5. The summed E-state index contributed by atoms with van der Waals surface area (Å²) in [5, 5.41) is 10.9. The van der Waals surface area contributed by atoms with Gasteiger partial charge < -0.3 is 5.32 Å². The van der Waals surface area contributed by atoms with E-state index in [4.69, 9.17) is 0 Å². The van der Waals surface area contributed by atoms with E-state index < -0.39 is 0 Å². The van der Waals surface area contributed by atoms with Gasteiger partial charge in [0.1, 0.15) is 5.82 Å². The molecule has 2 aromatic rings. The van der Waals surface area contributed by atoms with Crippen LogP contribution in [0.15, 0.2) is 30.7 Å². The van der Waals surface area contributed by atoms with Crippen molar-refractivity contribution in [1.29, 1.82) is 0 Å². The number of anilines is 1. The summed E-state index contributed by atoms with van der Waals surface area (Å²) >= 11 is 0. The van der Waals surface area contributed by atoms with Crippen molar-refractivity contribution in [1.82, 2.24) is 20.2 Å². The summed E-state index contributed by atoms with van der Waals surface area (Å²) in [4.78, 5) is 8.30. The normalized spacial score (nSPS) is 9.93. The van der Waals surface area contributed by atoms with Crippen molar-refractivity contribution in [3.05, 3.63) is 42.1 Å². The molecule has 0 aliphatic heterocycles. The lowest BCUT2D eigenvalue weighted by atomic mass is 10.3. The Hall–Kier alpha value is -2.04. The van der Waals surface area contributed by atoms with Crippen LogP contribution in [0.5, 0.6) is 0 Å². The Bertz CT molecular complexity index is 429. The predicted octanol–water partition coefficient (Wildman–Crippen LogP) is 1.19. The Morgan fingerprint density at radius 2 is 2.07 bits per heavy atom. The van der Waals surface area contributed by atoms with Gasteiger partial charge in [-0.15, -0.1) is 0 Å². The molecule has 0 saturated carbocycles. The summed E-state index contributed by atoms with van der Waals surface area (Å²) in [5.74, 6) is 0.781. The molecule has 0 aliphatic rings. The molecular weight excluding hydrogens is 190 g/mol. The third kappa shape index (κ3) is 2.46. The zero-order valence-electron chi connectivity index (χ0n) is 8.38. The van der Waals surface area contributed by atoms with Crippen LogP contribution in [-0.2, 0) is 6.54 Å². The summed E-state index contributed by atoms with van der Waals surface area (Å²) in [6, 6.07) is 3.76. The summed E-state index contributed by atoms with van der Waals surface area (Å²) < 4.78 is 0. The van der Waals surface area contributed by atoms with Gasteiger partial charge in [-0.25, -0.2) is 4.98 Å². The molecule has 0 amide bonds. The van der Waals surface area contributed by atoms with Crippen molar-refractivity contribution in [2.75, 3.05) is 5.32 Å². The lowest BCUT2D eigenvalue weighted by Crippen LogP contribution is -2.05. The van der Waals surface area contributed by atoms with Gasteiger partial charge in [0, 0.05) is 18.6 Å². The van der Waals surface area contributed by atoms with E-state index in [2.05, 4.69) is 25.5 Å². The third-order valence-electron chi connectivity index (χ3n) is 1.95. The van der Waals surface area contributed by atoms with Crippen molar-refractivity contribution in [2.24, 2.45) is 0 Å². The molecule has 0 unspecified atom stereocenters. The van der Waals surface area contributed by atoms with E-state index in [9.17, 15) is 0 Å². The third-order valence-corrected chi connectivity index (χ3v) is 1.95. The number of aromatic nitrogens is 4. The van der Waals surface area contributed by atoms with E-state index in [1.807, 2.05) is 19.1 Å². The summed E-state index contributed by atoms with van der Waals surface area (Å²) in [5.41, 5.74) is 1.75. The van der Waals surface area contributed by atoms with Gasteiger partial charge in [-0.1, -0.05) is 0 Å². The van der Waals surface area contributed by atoms with Crippen LogP contribution in [0.25, 0.3) is 0 Å². The van der Waals surface area contributed by atoms with Crippen LogP contribution in [0, 0.1) is 6.92 Å². The fourth-order valence-corrected chi connectivity index (χ4v) is 1.18. The maximum Gasteiger partial charge on any atom is 0.147 e. The van der Waals surface area contributed by atoms with E-state index in [1.165, 1.54) is 0 Å². The first-order valence-electron chi connectivity index (χ1n) is 4.64. The average molecular weight is 201 g/mol. The number of hydrogen-bond acceptors (Lipinski definition) is 5. The minimum Gasteiger partial charge on any atom is -0.363 e. The van der Waals surface area contributed by atoms with E-state index in [0.717, 1.165) is 17.2 Å². The number of hydrogen-bond donors (Lipinski definition) is 1. The van der Waals surface area contributed by atoms with Crippen LogP contribution in [0.2, 0.25) is 0 Å². The van der Waals surface area contributed by atoms with Gasteiger partial charge in [-0.05, 0) is 19.1 Å². The molecule has 0 spiro atoms. The second-order valence-electron chi connectivity index (χ2n) is 3.06. The van der Waals surface area contributed by atoms with Crippen LogP contribution in [0.1, 0.15) is 11.4 Å². The van der Waals surface area contributed by atoms with Gasteiger partial charge in [0.15, 0.2) is 0 Å². The number of aryl methyl sites for hydroxylation is 1. The van der Waals surface area contributed by atoms with Crippen LogP contribution in [0.3, 0.4) is 0 Å². The van der Waals surface area contributed by atoms with Crippen LogP contribution >= 0.6 is 0 Å². The highest BCUT2D eigenvalue weighted by Gasteiger charge is 1.99. The molecule has 1 N–H and O–H groups in total. The lowest BCUT2D eigenvalue weighted by Gasteiger charge is -2.05. The van der Waals surface area contributed by atoms with Crippen LogP contribution in [0.4, 0.5) is 5.82 Å². The molecule has 2 heterocycles. The van der Waals surface area contributed by atoms with Crippen molar-refractivity contribution in [3.63, 3.8) is 0 Å². The maximum atomic E-state index is 4.17. The Morgan fingerprint density at radius 3 is 2.80 bits per heavy atom. The second-order valence-corrected chi connectivity index (χ2v) is 3.06. The van der Waals surface area contributed by atoms with Crippen molar-refractivity contribution in [2.45, 2.75) is 13.5 Å². The van der Waals surface area contributed by atoms with Crippen molar-refractivity contribution >= 4 is 5.82 Å². The highest BCUT2D eigenvalue weighted by atomic mass is 15.1. The molecule has 2 rings (SSSR count). The Kier molecular flexibility index (Phi) is 2.82. The predicted molar refractivity (Wildman–Crippen MR) is 56.1 cm³/mol. The molecule has 0 atom stereocenters.